The molecule has 28 heavy (non-hydrogen) atoms. The number of morpholine rings is 1. The Hall–Kier alpha value is -2.36. The van der Waals surface area contributed by atoms with Crippen LogP contribution in [-0.4, -0.2) is 74.2 Å². The van der Waals surface area contributed by atoms with Crippen molar-refractivity contribution in [2.75, 3.05) is 40.3 Å². The van der Waals surface area contributed by atoms with Crippen LogP contribution in [0.4, 0.5) is 17.6 Å². The van der Waals surface area contributed by atoms with Gasteiger partial charge in [-0.25, -0.2) is 4.39 Å². The Bertz CT molecular complexity index is 694. The third kappa shape index (κ3) is 6.36. The summed E-state index contributed by atoms with van der Waals surface area (Å²) < 4.78 is 56.3. The minimum atomic E-state index is -4.45. The Balaban J connectivity index is 1.99. The molecule has 0 bridgehead atoms. The number of hydrogen-bond acceptors (Lipinski definition) is 3. The maximum Gasteiger partial charge on any atom is 0.406 e. The maximum absolute atomic E-state index is 13.1. The molecule has 2 unspecified atom stereocenters. The van der Waals surface area contributed by atoms with Crippen LogP contribution in [-0.2, 0) is 9.53 Å². The van der Waals surface area contributed by atoms with E-state index in [2.05, 4.69) is 10.3 Å². The van der Waals surface area contributed by atoms with E-state index in [0.29, 0.717) is 23.9 Å². The predicted molar refractivity (Wildman–Crippen MR) is 96.3 cm³/mol. The fourth-order valence-electron chi connectivity index (χ4n) is 2.96. The predicted octanol–water partition coefficient (Wildman–Crippen LogP) is 2.18. The number of hydrogen-bond donors (Lipinski definition) is 1. The van der Waals surface area contributed by atoms with Crippen molar-refractivity contribution in [2.45, 2.75) is 25.3 Å². The molecule has 1 amide bonds. The first-order valence-electron chi connectivity index (χ1n) is 8.76. The molecule has 0 saturated carbocycles. The molecule has 1 aliphatic heterocycles. The number of alkyl halides is 3. The monoisotopic (exact) mass is 404 g/mol. The maximum atomic E-state index is 13.1. The summed E-state index contributed by atoms with van der Waals surface area (Å²) in [7, 11) is 2.63. The van der Waals surface area contributed by atoms with Gasteiger partial charge in [-0.05, 0) is 24.6 Å². The molecule has 0 aromatic heterocycles. The number of carbonyl (C=O) groups excluding carboxylic acids is 1. The highest BCUT2D eigenvalue weighted by Crippen LogP contribution is 2.25. The van der Waals surface area contributed by atoms with Gasteiger partial charge in [0.2, 0.25) is 5.91 Å². The van der Waals surface area contributed by atoms with Crippen molar-refractivity contribution in [2.24, 2.45) is 4.99 Å². The second-order valence-electron chi connectivity index (χ2n) is 6.66. The molecule has 10 heteroatoms. The van der Waals surface area contributed by atoms with E-state index in [1.165, 1.54) is 19.2 Å². The van der Waals surface area contributed by atoms with E-state index in [9.17, 15) is 22.4 Å². The highest BCUT2D eigenvalue weighted by molar-refractivity contribution is 5.86. The standard InChI is InChI=1S/C18H24F4N4O2/c1-12-9-26(10-15(28-12)13-4-6-14(19)7-5-13)17(23-2)24-8-16(27)25(3)11-18(20,21)22/h4-7,12,15H,8-11H2,1-3H3,(H,23,24). The highest BCUT2D eigenvalue weighted by atomic mass is 19.4. The van der Waals surface area contributed by atoms with E-state index in [1.807, 2.05) is 11.8 Å². The lowest BCUT2D eigenvalue weighted by Gasteiger charge is -2.38. The van der Waals surface area contributed by atoms with E-state index < -0.39 is 18.6 Å². The first-order valence-corrected chi connectivity index (χ1v) is 8.76. The number of nitrogens with one attached hydrogen (secondary N) is 1. The minimum Gasteiger partial charge on any atom is -0.367 e. The van der Waals surface area contributed by atoms with Gasteiger partial charge in [0, 0.05) is 20.6 Å². The molecule has 0 radical (unpaired) electrons. The Morgan fingerprint density at radius 2 is 1.96 bits per heavy atom. The summed E-state index contributed by atoms with van der Waals surface area (Å²) >= 11 is 0. The van der Waals surface area contributed by atoms with Gasteiger partial charge in [-0.1, -0.05) is 12.1 Å². The average Bonchev–Trinajstić information content (AvgIpc) is 2.60. The molecule has 2 rings (SSSR count). The van der Waals surface area contributed by atoms with Gasteiger partial charge in [0.25, 0.3) is 0 Å². The van der Waals surface area contributed by atoms with Gasteiger partial charge < -0.3 is 19.9 Å². The molecule has 1 fully saturated rings. The second-order valence-corrected chi connectivity index (χ2v) is 6.66. The number of aliphatic imine (C=N–C) groups is 1. The summed E-state index contributed by atoms with van der Waals surface area (Å²) in [6.07, 6.45) is -4.94. The molecule has 156 valence electrons. The summed E-state index contributed by atoms with van der Waals surface area (Å²) in [5.74, 6) is -0.658. The lowest BCUT2D eigenvalue weighted by molar-refractivity contribution is -0.157. The molecule has 0 spiro atoms. The number of ether oxygens (including phenoxy) is 1. The Morgan fingerprint density at radius 1 is 1.32 bits per heavy atom. The van der Waals surface area contributed by atoms with Crippen molar-refractivity contribution in [3.63, 3.8) is 0 Å². The number of nitrogens with zero attached hydrogens (tertiary/aromatic N) is 3. The Labute approximate surface area is 161 Å². The van der Waals surface area contributed by atoms with Crippen LogP contribution in [0.25, 0.3) is 0 Å². The lowest BCUT2D eigenvalue weighted by atomic mass is 10.1. The summed E-state index contributed by atoms with van der Waals surface area (Å²) in [6.45, 7) is 1.14. The fourth-order valence-corrected chi connectivity index (χ4v) is 2.96. The fraction of sp³-hybridized carbons (Fsp3) is 0.556. The zero-order valence-corrected chi connectivity index (χ0v) is 16.0. The van der Waals surface area contributed by atoms with Crippen LogP contribution in [0.15, 0.2) is 29.3 Å². The van der Waals surface area contributed by atoms with Gasteiger partial charge in [-0.15, -0.1) is 0 Å². The van der Waals surface area contributed by atoms with Crippen molar-refractivity contribution in [3.8, 4) is 0 Å². The molecule has 1 saturated heterocycles. The third-order valence-electron chi connectivity index (χ3n) is 4.25. The topological polar surface area (TPSA) is 57.2 Å². The van der Waals surface area contributed by atoms with Crippen LogP contribution < -0.4 is 5.32 Å². The Kier molecular flexibility index (Phi) is 7.22. The van der Waals surface area contributed by atoms with Gasteiger partial charge >= 0.3 is 6.18 Å². The van der Waals surface area contributed by atoms with E-state index in [0.717, 1.165) is 12.6 Å². The molecule has 1 aromatic rings. The normalized spacial score (nSPS) is 20.8. The number of benzene rings is 1. The largest absolute Gasteiger partial charge is 0.406 e. The average molecular weight is 404 g/mol. The zero-order chi connectivity index (χ0) is 20.9. The van der Waals surface area contributed by atoms with Crippen molar-refractivity contribution in [3.05, 3.63) is 35.6 Å². The lowest BCUT2D eigenvalue weighted by Crippen LogP contribution is -2.52. The molecule has 0 aliphatic carbocycles. The molecule has 1 aromatic carbocycles. The van der Waals surface area contributed by atoms with Crippen LogP contribution in [0.5, 0.6) is 0 Å². The quantitative estimate of drug-likeness (QED) is 0.475. The van der Waals surface area contributed by atoms with Gasteiger partial charge in [0.05, 0.1) is 19.2 Å². The number of likely N-dealkylation sites (N-methyl/N-ethyl adjacent to an activating group) is 1. The summed E-state index contributed by atoms with van der Waals surface area (Å²) in [6, 6.07) is 5.99. The molecule has 1 N–H and O–H groups in total. The molecular weight excluding hydrogens is 380 g/mol. The van der Waals surface area contributed by atoms with E-state index in [4.69, 9.17) is 4.74 Å². The van der Waals surface area contributed by atoms with E-state index >= 15 is 0 Å². The number of halogens is 4. The summed E-state index contributed by atoms with van der Waals surface area (Å²) in [4.78, 5) is 18.5. The van der Waals surface area contributed by atoms with Gasteiger partial charge in [0.15, 0.2) is 5.96 Å². The number of guanidine groups is 1. The highest BCUT2D eigenvalue weighted by Gasteiger charge is 2.32. The number of rotatable bonds is 4. The number of carbonyl (C=O) groups is 1. The minimum absolute atomic E-state index is 0.161. The van der Waals surface area contributed by atoms with Crippen LogP contribution in [0.2, 0.25) is 0 Å². The third-order valence-corrected chi connectivity index (χ3v) is 4.25. The zero-order valence-electron chi connectivity index (χ0n) is 16.0. The SMILES string of the molecule is CN=C(NCC(=O)N(C)CC(F)(F)F)N1CC(C)OC(c2ccc(F)cc2)C1. The molecule has 1 aliphatic rings. The molecule has 1 heterocycles. The van der Waals surface area contributed by atoms with Crippen LogP contribution >= 0.6 is 0 Å². The van der Waals surface area contributed by atoms with Crippen molar-refractivity contribution < 1.29 is 27.1 Å². The summed E-state index contributed by atoms with van der Waals surface area (Å²) in [5.41, 5.74) is 0.800. The smallest absolute Gasteiger partial charge is 0.367 e. The van der Waals surface area contributed by atoms with Gasteiger partial charge in [0.1, 0.15) is 18.5 Å². The van der Waals surface area contributed by atoms with Gasteiger partial charge in [-0.2, -0.15) is 13.2 Å². The van der Waals surface area contributed by atoms with E-state index in [-0.39, 0.29) is 24.6 Å². The second kappa shape index (κ2) is 9.22. The molecule has 6 nitrogen and oxygen atoms in total. The molecular formula is C18H24F4N4O2. The van der Waals surface area contributed by atoms with Gasteiger partial charge in [-0.3, -0.25) is 9.79 Å². The van der Waals surface area contributed by atoms with Crippen molar-refractivity contribution in [1.82, 2.24) is 15.1 Å². The van der Waals surface area contributed by atoms with Crippen LogP contribution in [0, 0.1) is 5.82 Å². The number of amides is 1. The Morgan fingerprint density at radius 3 is 2.54 bits per heavy atom. The van der Waals surface area contributed by atoms with Crippen LogP contribution in [0.3, 0.4) is 0 Å². The summed E-state index contributed by atoms with van der Waals surface area (Å²) in [5, 5.41) is 2.81. The molecule has 2 atom stereocenters. The van der Waals surface area contributed by atoms with Crippen molar-refractivity contribution in [1.29, 1.82) is 0 Å². The first kappa shape index (κ1) is 21.9. The van der Waals surface area contributed by atoms with Crippen molar-refractivity contribution >= 4 is 11.9 Å². The van der Waals surface area contributed by atoms with E-state index in [1.54, 1.807) is 12.1 Å². The van der Waals surface area contributed by atoms with Crippen LogP contribution in [0.1, 0.15) is 18.6 Å². The first-order chi connectivity index (χ1) is 13.1.